The molecular formula is C25H25N5O3S. The van der Waals surface area contributed by atoms with E-state index in [1.54, 1.807) is 17.0 Å². The number of aromatic nitrogens is 1. The number of para-hydroxylation sites is 1. The Hall–Kier alpha value is -3.72. The van der Waals surface area contributed by atoms with Crippen molar-refractivity contribution < 1.29 is 14.4 Å². The van der Waals surface area contributed by atoms with E-state index in [1.807, 2.05) is 47.8 Å². The molecule has 1 atom stereocenters. The lowest BCUT2D eigenvalue weighted by molar-refractivity contribution is -0.119. The third-order valence-corrected chi connectivity index (χ3v) is 6.69. The third-order valence-electron chi connectivity index (χ3n) is 5.93. The first kappa shape index (κ1) is 22.1. The number of thiazole rings is 1. The Labute approximate surface area is 201 Å². The Balaban J connectivity index is 1.20. The SMILES string of the molecule is O=C(NC1CC1)c1ccc(-c2csc(NC(=O)[C@@H]3CCCN3C(=O)Nc3ccccc3)n2)cc1. The fourth-order valence-corrected chi connectivity index (χ4v) is 4.66. The maximum atomic E-state index is 12.9. The summed E-state index contributed by atoms with van der Waals surface area (Å²) in [6.07, 6.45) is 3.47. The predicted molar refractivity (Wildman–Crippen MR) is 132 cm³/mol. The molecule has 3 N–H and O–H groups in total. The molecule has 1 aromatic heterocycles. The van der Waals surface area contributed by atoms with Crippen molar-refractivity contribution in [3.8, 4) is 11.3 Å². The average Bonchev–Trinajstić information content (AvgIpc) is 3.32. The van der Waals surface area contributed by atoms with Crippen molar-refractivity contribution in [3.05, 3.63) is 65.5 Å². The molecule has 8 nitrogen and oxygen atoms in total. The van der Waals surface area contributed by atoms with Gasteiger partial charge < -0.3 is 20.9 Å². The smallest absolute Gasteiger partial charge is 0.322 e. The van der Waals surface area contributed by atoms with Crippen molar-refractivity contribution >= 4 is 40.0 Å². The fourth-order valence-electron chi connectivity index (χ4n) is 3.94. The van der Waals surface area contributed by atoms with Crippen molar-refractivity contribution in [3.63, 3.8) is 0 Å². The maximum absolute atomic E-state index is 12.9. The van der Waals surface area contributed by atoms with Gasteiger partial charge >= 0.3 is 6.03 Å². The van der Waals surface area contributed by atoms with Crippen LogP contribution in [0.3, 0.4) is 0 Å². The molecule has 1 saturated carbocycles. The van der Waals surface area contributed by atoms with Crippen molar-refractivity contribution in [2.45, 2.75) is 37.8 Å². The number of urea groups is 1. The molecule has 0 radical (unpaired) electrons. The molecule has 2 fully saturated rings. The van der Waals surface area contributed by atoms with E-state index in [2.05, 4.69) is 20.9 Å². The third kappa shape index (κ3) is 5.09. The molecule has 1 aliphatic heterocycles. The number of anilines is 2. The van der Waals surface area contributed by atoms with Crippen LogP contribution in [0, 0.1) is 0 Å². The Morgan fingerprint density at radius 3 is 2.44 bits per heavy atom. The van der Waals surface area contributed by atoms with Crippen LogP contribution in [0.15, 0.2) is 60.0 Å². The largest absolute Gasteiger partial charge is 0.349 e. The van der Waals surface area contributed by atoms with Crippen LogP contribution in [-0.4, -0.2) is 46.4 Å². The second-order valence-electron chi connectivity index (χ2n) is 8.50. The maximum Gasteiger partial charge on any atom is 0.322 e. The van der Waals surface area contributed by atoms with Crippen LogP contribution in [0.5, 0.6) is 0 Å². The first-order chi connectivity index (χ1) is 16.6. The number of nitrogens with one attached hydrogen (secondary N) is 3. The van der Waals surface area contributed by atoms with E-state index in [9.17, 15) is 14.4 Å². The van der Waals surface area contributed by atoms with Crippen LogP contribution in [0.1, 0.15) is 36.0 Å². The number of hydrogen-bond donors (Lipinski definition) is 3. The van der Waals surface area contributed by atoms with Crippen molar-refractivity contribution in [1.82, 2.24) is 15.2 Å². The lowest BCUT2D eigenvalue weighted by atomic mass is 10.1. The van der Waals surface area contributed by atoms with E-state index in [4.69, 9.17) is 0 Å². The average molecular weight is 476 g/mol. The fraction of sp³-hybridized carbons (Fsp3) is 0.280. The minimum absolute atomic E-state index is 0.0577. The molecule has 4 amide bonds. The summed E-state index contributed by atoms with van der Waals surface area (Å²) in [5, 5.41) is 11.0. The van der Waals surface area contributed by atoms with E-state index < -0.39 is 6.04 Å². The van der Waals surface area contributed by atoms with Crippen molar-refractivity contribution in [2.24, 2.45) is 0 Å². The highest BCUT2D eigenvalue weighted by Gasteiger charge is 2.34. The molecule has 34 heavy (non-hydrogen) atoms. The van der Waals surface area contributed by atoms with Gasteiger partial charge in [0.2, 0.25) is 5.91 Å². The molecule has 1 aliphatic carbocycles. The van der Waals surface area contributed by atoms with Gasteiger partial charge in [-0.25, -0.2) is 9.78 Å². The predicted octanol–water partition coefficient (Wildman–Crippen LogP) is 4.34. The standard InChI is InChI=1S/C25H25N5O3S/c31-22(26-19-12-13-19)17-10-8-16(9-11-17)20-15-34-24(28-20)29-23(32)21-7-4-14-30(21)25(33)27-18-5-2-1-3-6-18/h1-3,5-6,8-11,15,19,21H,4,7,12-14H2,(H,26,31)(H,27,33)(H,28,29,32)/t21-/m0/s1. The number of amides is 4. The molecule has 0 spiro atoms. The zero-order chi connectivity index (χ0) is 23.5. The molecule has 2 heterocycles. The summed E-state index contributed by atoms with van der Waals surface area (Å²) >= 11 is 1.33. The summed E-state index contributed by atoms with van der Waals surface area (Å²) in [5.41, 5.74) is 2.90. The molecule has 174 valence electrons. The Morgan fingerprint density at radius 1 is 0.941 bits per heavy atom. The van der Waals surface area contributed by atoms with Crippen molar-refractivity contribution in [2.75, 3.05) is 17.2 Å². The first-order valence-corrected chi connectivity index (χ1v) is 12.2. The van der Waals surface area contributed by atoms with Crippen LogP contribution < -0.4 is 16.0 Å². The number of hydrogen-bond acceptors (Lipinski definition) is 5. The molecule has 2 aliphatic rings. The van der Waals surface area contributed by atoms with Crippen LogP contribution in [-0.2, 0) is 4.79 Å². The van der Waals surface area contributed by atoms with Gasteiger partial charge in [-0.15, -0.1) is 11.3 Å². The van der Waals surface area contributed by atoms with Gasteiger partial charge in [-0.3, -0.25) is 9.59 Å². The number of benzene rings is 2. The number of nitrogens with zero attached hydrogens (tertiary/aromatic N) is 2. The van der Waals surface area contributed by atoms with E-state index in [-0.39, 0.29) is 17.8 Å². The van der Waals surface area contributed by atoms with E-state index in [0.717, 1.165) is 30.5 Å². The van der Waals surface area contributed by atoms with Gasteiger partial charge in [0, 0.05) is 34.8 Å². The highest BCUT2D eigenvalue weighted by molar-refractivity contribution is 7.14. The molecule has 2 aromatic carbocycles. The quantitative estimate of drug-likeness (QED) is 0.493. The minimum Gasteiger partial charge on any atom is -0.349 e. The number of carbonyl (C=O) groups excluding carboxylic acids is 3. The molecule has 5 rings (SSSR count). The van der Waals surface area contributed by atoms with Gasteiger partial charge in [-0.2, -0.15) is 0 Å². The Morgan fingerprint density at radius 2 is 1.71 bits per heavy atom. The van der Waals surface area contributed by atoms with Gasteiger partial charge in [-0.05, 0) is 49.9 Å². The van der Waals surface area contributed by atoms with Gasteiger partial charge in [0.05, 0.1) is 5.69 Å². The zero-order valence-electron chi connectivity index (χ0n) is 18.5. The molecule has 9 heteroatoms. The lowest BCUT2D eigenvalue weighted by Crippen LogP contribution is -2.45. The molecule has 1 saturated heterocycles. The van der Waals surface area contributed by atoms with Gasteiger partial charge in [0.15, 0.2) is 5.13 Å². The van der Waals surface area contributed by atoms with E-state index in [0.29, 0.717) is 35.4 Å². The van der Waals surface area contributed by atoms with Crippen molar-refractivity contribution in [1.29, 1.82) is 0 Å². The molecule has 0 bridgehead atoms. The van der Waals surface area contributed by atoms with E-state index >= 15 is 0 Å². The number of rotatable bonds is 6. The minimum atomic E-state index is -0.541. The number of carbonyl (C=O) groups is 3. The van der Waals surface area contributed by atoms with Gasteiger partial charge in [0.25, 0.3) is 5.91 Å². The highest BCUT2D eigenvalue weighted by atomic mass is 32.1. The van der Waals surface area contributed by atoms with E-state index in [1.165, 1.54) is 11.3 Å². The summed E-state index contributed by atoms with van der Waals surface area (Å²) in [5.74, 6) is -0.300. The summed E-state index contributed by atoms with van der Waals surface area (Å²) < 4.78 is 0. The summed E-state index contributed by atoms with van der Waals surface area (Å²) in [6, 6.07) is 16.0. The molecular weight excluding hydrogens is 450 g/mol. The number of likely N-dealkylation sites (tertiary alicyclic amines) is 1. The summed E-state index contributed by atoms with van der Waals surface area (Å²) in [6.45, 7) is 0.528. The molecule has 0 unspecified atom stereocenters. The van der Waals surface area contributed by atoms with Crippen LogP contribution in [0.25, 0.3) is 11.3 Å². The van der Waals surface area contributed by atoms with Crippen LogP contribution in [0.4, 0.5) is 15.6 Å². The normalized spacial score (nSPS) is 17.3. The monoisotopic (exact) mass is 475 g/mol. The second-order valence-corrected chi connectivity index (χ2v) is 9.36. The Bertz CT molecular complexity index is 1190. The van der Waals surface area contributed by atoms with Crippen LogP contribution >= 0.6 is 11.3 Å². The molecule has 3 aromatic rings. The zero-order valence-corrected chi connectivity index (χ0v) is 19.3. The summed E-state index contributed by atoms with van der Waals surface area (Å²) in [7, 11) is 0. The first-order valence-electron chi connectivity index (χ1n) is 11.4. The Kier molecular flexibility index (Phi) is 6.27. The summed E-state index contributed by atoms with van der Waals surface area (Å²) in [4.78, 5) is 43.9. The lowest BCUT2D eigenvalue weighted by Gasteiger charge is -2.23. The van der Waals surface area contributed by atoms with Crippen LogP contribution in [0.2, 0.25) is 0 Å². The van der Waals surface area contributed by atoms with Gasteiger partial charge in [0.1, 0.15) is 6.04 Å². The topological polar surface area (TPSA) is 103 Å². The van der Waals surface area contributed by atoms with Gasteiger partial charge in [-0.1, -0.05) is 30.3 Å². The highest BCUT2D eigenvalue weighted by Crippen LogP contribution is 2.27. The second kappa shape index (κ2) is 9.64.